The van der Waals surface area contributed by atoms with Gasteiger partial charge < -0.3 is 15.2 Å². The summed E-state index contributed by atoms with van der Waals surface area (Å²) in [4.78, 5) is 24.1. The highest BCUT2D eigenvalue weighted by Crippen LogP contribution is 2.24. The van der Waals surface area contributed by atoms with Crippen LogP contribution >= 0.6 is 36.2 Å². The number of aromatic nitrogens is 3. The molecule has 1 aromatic carbocycles. The topological polar surface area (TPSA) is 75.1 Å². The van der Waals surface area contributed by atoms with Gasteiger partial charge in [-0.25, -0.2) is 9.97 Å². The summed E-state index contributed by atoms with van der Waals surface area (Å²) in [5, 5.41) is 9.42. The SMILES string of the molecule is Cl.Cl.Cn1ccnc1C1CNCCN1CC(=O)NC(c1ccccc1)c1nccs1. The van der Waals surface area contributed by atoms with Crippen molar-refractivity contribution in [3.05, 3.63) is 70.7 Å². The lowest BCUT2D eigenvalue weighted by Crippen LogP contribution is -2.50. The quantitative estimate of drug-likeness (QED) is 0.581. The maximum atomic E-state index is 13.0. The number of rotatable bonds is 6. The lowest BCUT2D eigenvalue weighted by Gasteiger charge is -2.35. The molecule has 1 saturated heterocycles. The Labute approximate surface area is 192 Å². The molecule has 4 rings (SSSR count). The van der Waals surface area contributed by atoms with Crippen LogP contribution < -0.4 is 10.6 Å². The number of hydrogen-bond donors (Lipinski definition) is 2. The first-order valence-electron chi connectivity index (χ1n) is 9.38. The predicted molar refractivity (Wildman–Crippen MR) is 123 cm³/mol. The number of halogens is 2. The summed E-state index contributed by atoms with van der Waals surface area (Å²) in [7, 11) is 1.99. The lowest BCUT2D eigenvalue weighted by molar-refractivity contribution is -0.123. The molecule has 0 radical (unpaired) electrons. The van der Waals surface area contributed by atoms with E-state index in [1.807, 2.05) is 53.5 Å². The summed E-state index contributed by atoms with van der Waals surface area (Å²) in [5.41, 5.74) is 1.03. The van der Waals surface area contributed by atoms with Crippen molar-refractivity contribution in [3.63, 3.8) is 0 Å². The minimum absolute atomic E-state index is 0. The average molecular weight is 469 g/mol. The molecule has 1 aliphatic rings. The summed E-state index contributed by atoms with van der Waals surface area (Å²) in [6.07, 6.45) is 5.52. The molecule has 2 atom stereocenters. The lowest BCUT2D eigenvalue weighted by atomic mass is 10.1. The van der Waals surface area contributed by atoms with Crippen LogP contribution in [0.3, 0.4) is 0 Å². The molecule has 162 valence electrons. The second-order valence-corrected chi connectivity index (χ2v) is 7.79. The van der Waals surface area contributed by atoms with Gasteiger partial charge in [-0.1, -0.05) is 30.3 Å². The van der Waals surface area contributed by atoms with Crippen molar-refractivity contribution in [3.8, 4) is 0 Å². The molecule has 30 heavy (non-hydrogen) atoms. The largest absolute Gasteiger partial charge is 0.342 e. The first-order valence-corrected chi connectivity index (χ1v) is 10.3. The van der Waals surface area contributed by atoms with Crippen molar-refractivity contribution in [1.29, 1.82) is 0 Å². The zero-order valence-corrected chi connectivity index (χ0v) is 19.1. The van der Waals surface area contributed by atoms with Crippen LogP contribution in [0.4, 0.5) is 0 Å². The summed E-state index contributed by atoms with van der Waals surface area (Å²) in [5.74, 6) is 0.963. The van der Waals surface area contributed by atoms with E-state index < -0.39 is 0 Å². The Morgan fingerprint density at radius 3 is 2.73 bits per heavy atom. The Bertz CT molecular complexity index is 905. The second-order valence-electron chi connectivity index (χ2n) is 6.87. The van der Waals surface area contributed by atoms with Crippen molar-refractivity contribution >= 4 is 42.1 Å². The first-order chi connectivity index (χ1) is 13.7. The highest BCUT2D eigenvalue weighted by molar-refractivity contribution is 7.09. The molecule has 0 bridgehead atoms. The number of nitrogens with zero attached hydrogens (tertiary/aromatic N) is 4. The maximum Gasteiger partial charge on any atom is 0.235 e. The fourth-order valence-corrected chi connectivity index (χ4v) is 4.30. The number of benzene rings is 1. The zero-order chi connectivity index (χ0) is 19.3. The normalized spacial score (nSPS) is 17.4. The average Bonchev–Trinajstić information content (AvgIpc) is 3.39. The van der Waals surface area contributed by atoms with Crippen molar-refractivity contribution in [2.24, 2.45) is 7.05 Å². The molecule has 2 unspecified atom stereocenters. The van der Waals surface area contributed by atoms with Crippen LogP contribution in [0.5, 0.6) is 0 Å². The van der Waals surface area contributed by atoms with E-state index in [0.717, 1.165) is 36.0 Å². The van der Waals surface area contributed by atoms with Crippen LogP contribution in [0.1, 0.15) is 28.5 Å². The number of thiazole rings is 1. The van der Waals surface area contributed by atoms with E-state index in [2.05, 4.69) is 25.5 Å². The molecule has 10 heteroatoms. The molecule has 0 saturated carbocycles. The van der Waals surface area contributed by atoms with Crippen molar-refractivity contribution in [1.82, 2.24) is 30.1 Å². The van der Waals surface area contributed by atoms with Gasteiger partial charge in [0.1, 0.15) is 16.9 Å². The number of aryl methyl sites for hydroxylation is 1. The van der Waals surface area contributed by atoms with E-state index in [9.17, 15) is 4.79 Å². The minimum Gasteiger partial charge on any atom is -0.342 e. The second kappa shape index (κ2) is 11.4. The van der Waals surface area contributed by atoms with Gasteiger partial charge in [0.15, 0.2) is 0 Å². The molecule has 7 nitrogen and oxygen atoms in total. The third-order valence-electron chi connectivity index (χ3n) is 4.99. The Hall–Kier alpha value is -1.97. The van der Waals surface area contributed by atoms with E-state index in [4.69, 9.17) is 0 Å². The zero-order valence-electron chi connectivity index (χ0n) is 16.6. The van der Waals surface area contributed by atoms with Crippen LogP contribution in [0, 0.1) is 0 Å². The number of piperazine rings is 1. The van der Waals surface area contributed by atoms with Gasteiger partial charge in [0.05, 0.1) is 12.6 Å². The van der Waals surface area contributed by atoms with Crippen LogP contribution in [-0.2, 0) is 11.8 Å². The van der Waals surface area contributed by atoms with Crippen LogP contribution in [-0.4, -0.2) is 51.5 Å². The third-order valence-corrected chi connectivity index (χ3v) is 5.83. The summed E-state index contributed by atoms with van der Waals surface area (Å²) < 4.78 is 2.02. The maximum absolute atomic E-state index is 13.0. The molecular formula is C20H26Cl2N6OS. The number of amides is 1. The molecule has 3 aromatic rings. The number of carbonyl (C=O) groups is 1. The number of hydrogen-bond acceptors (Lipinski definition) is 6. The summed E-state index contributed by atoms with van der Waals surface area (Å²) in [6, 6.07) is 9.83. The van der Waals surface area contributed by atoms with E-state index in [-0.39, 0.29) is 42.8 Å². The first kappa shape index (κ1) is 24.3. The van der Waals surface area contributed by atoms with Gasteiger partial charge in [0, 0.05) is 50.7 Å². The summed E-state index contributed by atoms with van der Waals surface area (Å²) in [6.45, 7) is 2.78. The van der Waals surface area contributed by atoms with Crippen LogP contribution in [0.15, 0.2) is 54.3 Å². The van der Waals surface area contributed by atoms with Crippen LogP contribution in [0.25, 0.3) is 0 Å². The number of carbonyl (C=O) groups excluding carboxylic acids is 1. The predicted octanol–water partition coefficient (Wildman–Crippen LogP) is 2.57. The fraction of sp³-hybridized carbons (Fsp3) is 0.350. The van der Waals surface area contributed by atoms with Gasteiger partial charge in [0.25, 0.3) is 0 Å². The number of imidazole rings is 1. The van der Waals surface area contributed by atoms with Gasteiger partial charge >= 0.3 is 0 Å². The molecule has 1 amide bonds. The molecule has 0 aliphatic carbocycles. The van der Waals surface area contributed by atoms with Gasteiger partial charge in [0.2, 0.25) is 5.91 Å². The Balaban J connectivity index is 0.00000160. The monoisotopic (exact) mass is 468 g/mol. The van der Waals surface area contributed by atoms with Gasteiger partial charge in [-0.15, -0.1) is 36.2 Å². The minimum atomic E-state index is -0.233. The Morgan fingerprint density at radius 2 is 2.07 bits per heavy atom. The number of nitrogens with one attached hydrogen (secondary N) is 2. The molecule has 1 fully saturated rings. The molecule has 3 heterocycles. The van der Waals surface area contributed by atoms with E-state index in [0.29, 0.717) is 6.54 Å². The molecular weight excluding hydrogens is 443 g/mol. The van der Waals surface area contributed by atoms with Gasteiger partial charge in [-0.05, 0) is 5.56 Å². The molecule has 2 N–H and O–H groups in total. The fourth-order valence-electron chi connectivity index (χ4n) is 3.59. The highest BCUT2D eigenvalue weighted by Gasteiger charge is 2.29. The molecule has 0 spiro atoms. The smallest absolute Gasteiger partial charge is 0.235 e. The highest BCUT2D eigenvalue weighted by atomic mass is 35.5. The summed E-state index contributed by atoms with van der Waals surface area (Å²) >= 11 is 1.55. The van der Waals surface area contributed by atoms with Crippen molar-refractivity contribution in [2.45, 2.75) is 12.1 Å². The Morgan fingerprint density at radius 1 is 1.27 bits per heavy atom. The van der Waals surface area contributed by atoms with E-state index >= 15 is 0 Å². The Kier molecular flexibility index (Phi) is 9.26. The van der Waals surface area contributed by atoms with Crippen molar-refractivity contribution in [2.75, 3.05) is 26.2 Å². The standard InChI is InChI=1S/C20H24N6OS.2ClH/c1-25-10-8-22-19(25)16-13-21-7-11-26(16)14-17(27)24-18(20-23-9-12-28-20)15-5-3-2-4-6-15;;/h2-6,8-10,12,16,18,21H,7,11,13-14H2,1H3,(H,24,27);2*1H. The van der Waals surface area contributed by atoms with Gasteiger partial charge in [-0.2, -0.15) is 0 Å². The van der Waals surface area contributed by atoms with E-state index in [1.165, 1.54) is 0 Å². The third kappa shape index (κ3) is 5.59. The van der Waals surface area contributed by atoms with Crippen LogP contribution in [0.2, 0.25) is 0 Å². The van der Waals surface area contributed by atoms with Crippen molar-refractivity contribution < 1.29 is 4.79 Å². The van der Waals surface area contributed by atoms with E-state index in [1.54, 1.807) is 23.7 Å². The molecule has 1 aliphatic heterocycles. The van der Waals surface area contributed by atoms with Gasteiger partial charge in [-0.3, -0.25) is 9.69 Å². The molecule has 2 aromatic heterocycles.